The summed E-state index contributed by atoms with van der Waals surface area (Å²) >= 11 is 12.0. The van der Waals surface area contributed by atoms with E-state index < -0.39 is 11.6 Å². The maximum atomic E-state index is 12.6. The molecule has 168 valence electrons. The van der Waals surface area contributed by atoms with Crippen LogP contribution >= 0.6 is 23.2 Å². The molecule has 1 fully saturated rings. The van der Waals surface area contributed by atoms with E-state index in [1.165, 1.54) is 10.8 Å². The number of rotatable bonds is 8. The number of aromatic nitrogens is 1. The maximum absolute atomic E-state index is 12.6. The van der Waals surface area contributed by atoms with Gasteiger partial charge in [0.25, 0.3) is 5.56 Å². The van der Waals surface area contributed by atoms with Crippen molar-refractivity contribution in [2.24, 2.45) is 0 Å². The lowest BCUT2D eigenvalue weighted by Gasteiger charge is -2.28. The number of carbonyl (C=O) groups is 1. The van der Waals surface area contributed by atoms with Gasteiger partial charge in [0, 0.05) is 35.9 Å². The number of hydrogen-bond acceptors (Lipinski definition) is 5. The molecule has 0 radical (unpaired) electrons. The van der Waals surface area contributed by atoms with E-state index >= 15 is 0 Å². The summed E-state index contributed by atoms with van der Waals surface area (Å²) in [4.78, 5) is 24.2. The molecule has 0 saturated carbocycles. The van der Waals surface area contributed by atoms with E-state index in [-0.39, 0.29) is 17.9 Å². The summed E-state index contributed by atoms with van der Waals surface area (Å²) in [5.41, 5.74) is 0.243. The van der Waals surface area contributed by atoms with E-state index in [9.17, 15) is 14.7 Å². The molecule has 3 heterocycles. The van der Waals surface area contributed by atoms with Crippen molar-refractivity contribution in [3.8, 4) is 5.75 Å². The van der Waals surface area contributed by atoms with Gasteiger partial charge >= 0.3 is 5.97 Å². The number of aromatic carboxylic acids is 1. The van der Waals surface area contributed by atoms with Crippen LogP contribution in [0.1, 0.15) is 34.5 Å². The van der Waals surface area contributed by atoms with E-state index in [1.54, 1.807) is 36.5 Å². The van der Waals surface area contributed by atoms with Crippen molar-refractivity contribution in [2.45, 2.75) is 31.4 Å². The zero-order valence-corrected chi connectivity index (χ0v) is 18.6. The Morgan fingerprint density at radius 1 is 1.22 bits per heavy atom. The number of carboxylic acid groups (broad SMARTS) is 1. The largest absolute Gasteiger partial charge is 0.490 e. The lowest BCUT2D eigenvalue weighted by Crippen LogP contribution is -2.30. The van der Waals surface area contributed by atoms with Gasteiger partial charge in [-0.25, -0.2) is 4.79 Å². The summed E-state index contributed by atoms with van der Waals surface area (Å²) in [6.07, 6.45) is 4.87. The predicted molar refractivity (Wildman–Crippen MR) is 119 cm³/mol. The van der Waals surface area contributed by atoms with Crippen LogP contribution in [-0.2, 0) is 23.3 Å². The first kappa shape index (κ1) is 22.5. The zero-order valence-electron chi connectivity index (χ0n) is 17.1. The van der Waals surface area contributed by atoms with Crippen molar-refractivity contribution in [2.75, 3.05) is 13.2 Å². The van der Waals surface area contributed by atoms with Crippen molar-refractivity contribution >= 4 is 29.2 Å². The third-order valence-electron chi connectivity index (χ3n) is 5.49. The van der Waals surface area contributed by atoms with E-state index in [1.807, 2.05) is 6.07 Å². The fraction of sp³-hybridized carbons (Fsp3) is 0.304. The van der Waals surface area contributed by atoms with Crippen LogP contribution < -0.4 is 10.3 Å². The quantitative estimate of drug-likeness (QED) is 0.502. The fourth-order valence-electron chi connectivity index (χ4n) is 4.00. The molecule has 0 aliphatic carbocycles. The molecule has 0 spiro atoms. The number of ether oxygens (including phenoxy) is 2. The number of pyridine rings is 1. The lowest BCUT2D eigenvalue weighted by atomic mass is 9.85. The van der Waals surface area contributed by atoms with Crippen molar-refractivity contribution in [3.63, 3.8) is 0 Å². The molecule has 0 bridgehead atoms. The highest BCUT2D eigenvalue weighted by atomic mass is 35.5. The Balaban J connectivity index is 1.47. The van der Waals surface area contributed by atoms with Crippen LogP contribution in [-0.4, -0.2) is 28.9 Å². The van der Waals surface area contributed by atoms with Crippen LogP contribution in [0, 0.1) is 0 Å². The molecule has 1 N–H and O–H groups in total. The van der Waals surface area contributed by atoms with Gasteiger partial charge in [-0.15, -0.1) is 0 Å². The van der Waals surface area contributed by atoms with Crippen LogP contribution in [0.3, 0.4) is 0 Å². The number of nitrogens with zero attached hydrogens (tertiary/aromatic N) is 1. The molecule has 32 heavy (non-hydrogen) atoms. The second kappa shape index (κ2) is 9.40. The topological polar surface area (TPSA) is 90.9 Å². The van der Waals surface area contributed by atoms with Gasteiger partial charge in [-0.2, -0.15) is 0 Å². The minimum Gasteiger partial charge on any atom is -0.490 e. The second-order valence-corrected chi connectivity index (χ2v) is 8.43. The maximum Gasteiger partial charge on any atom is 0.372 e. The van der Waals surface area contributed by atoms with Gasteiger partial charge in [0.2, 0.25) is 5.76 Å². The Morgan fingerprint density at radius 2 is 2.06 bits per heavy atom. The average Bonchev–Trinajstić information content (AvgIpc) is 3.41. The molecule has 4 rings (SSSR count). The number of halogens is 2. The highest BCUT2D eigenvalue weighted by molar-refractivity contribution is 6.35. The molecule has 1 aliphatic heterocycles. The SMILES string of the molecule is O=C(O)c1occc1C1(Cc2ccn(CCOc3ccc(Cl)cc3Cl)c(=O)c2)CCCO1. The highest BCUT2D eigenvalue weighted by Crippen LogP contribution is 2.41. The summed E-state index contributed by atoms with van der Waals surface area (Å²) in [6, 6.07) is 9.96. The van der Waals surface area contributed by atoms with Crippen molar-refractivity contribution in [1.82, 2.24) is 4.57 Å². The Labute approximate surface area is 194 Å². The number of benzene rings is 1. The highest BCUT2D eigenvalue weighted by Gasteiger charge is 2.41. The summed E-state index contributed by atoms with van der Waals surface area (Å²) in [5.74, 6) is -0.773. The van der Waals surface area contributed by atoms with Crippen LogP contribution in [0.5, 0.6) is 5.75 Å². The summed E-state index contributed by atoms with van der Waals surface area (Å²) in [7, 11) is 0. The van der Waals surface area contributed by atoms with Crippen LogP contribution in [0.15, 0.2) is 58.1 Å². The molecule has 1 aliphatic rings. The zero-order chi connectivity index (χ0) is 22.7. The van der Waals surface area contributed by atoms with Gasteiger partial charge in [0.1, 0.15) is 18.0 Å². The number of carboxylic acids is 1. The third-order valence-corrected chi connectivity index (χ3v) is 6.02. The Morgan fingerprint density at radius 3 is 2.75 bits per heavy atom. The molecule has 1 aromatic carbocycles. The van der Waals surface area contributed by atoms with Gasteiger partial charge in [0.05, 0.1) is 17.8 Å². The smallest absolute Gasteiger partial charge is 0.372 e. The molecule has 2 aromatic heterocycles. The van der Waals surface area contributed by atoms with Crippen LogP contribution in [0.2, 0.25) is 10.0 Å². The first-order valence-corrected chi connectivity index (χ1v) is 10.9. The van der Waals surface area contributed by atoms with Gasteiger partial charge < -0.3 is 23.6 Å². The van der Waals surface area contributed by atoms with E-state index in [0.717, 1.165) is 12.0 Å². The van der Waals surface area contributed by atoms with E-state index in [2.05, 4.69) is 0 Å². The summed E-state index contributed by atoms with van der Waals surface area (Å²) in [6.45, 7) is 1.11. The number of hydrogen-bond donors (Lipinski definition) is 1. The Kier molecular flexibility index (Phi) is 6.60. The first-order valence-electron chi connectivity index (χ1n) is 10.1. The minimum absolute atomic E-state index is 0.127. The van der Waals surface area contributed by atoms with E-state index in [0.29, 0.717) is 47.4 Å². The van der Waals surface area contributed by atoms with Gasteiger partial charge in [0.15, 0.2) is 0 Å². The second-order valence-electron chi connectivity index (χ2n) is 7.58. The molecule has 1 unspecified atom stereocenters. The summed E-state index contributed by atoms with van der Waals surface area (Å²) < 4.78 is 18.4. The Hall–Kier alpha value is -2.74. The van der Waals surface area contributed by atoms with Gasteiger partial charge in [-0.05, 0) is 48.7 Å². The standard InChI is InChI=1S/C23H21Cl2NO6/c24-16-2-3-19(18(25)13-16)30-11-8-26-7-4-15(12-20(26)27)14-23(6-1-9-32-23)17-5-10-31-21(17)22(28)29/h2-5,7,10,12-13H,1,6,8-9,11,14H2,(H,28,29). The fourth-order valence-corrected chi connectivity index (χ4v) is 4.46. The third kappa shape index (κ3) is 4.70. The Bertz CT molecular complexity index is 1180. The predicted octanol–water partition coefficient (Wildman–Crippen LogP) is 4.77. The number of furan rings is 1. The van der Waals surface area contributed by atoms with Crippen LogP contribution in [0.4, 0.5) is 0 Å². The van der Waals surface area contributed by atoms with Gasteiger partial charge in [-0.1, -0.05) is 23.2 Å². The van der Waals surface area contributed by atoms with Crippen LogP contribution in [0.25, 0.3) is 0 Å². The minimum atomic E-state index is -1.14. The average molecular weight is 478 g/mol. The van der Waals surface area contributed by atoms with Gasteiger partial charge in [-0.3, -0.25) is 4.79 Å². The molecule has 1 atom stereocenters. The molecule has 1 saturated heterocycles. The van der Waals surface area contributed by atoms with Crippen molar-refractivity contribution < 1.29 is 23.8 Å². The summed E-state index contributed by atoms with van der Waals surface area (Å²) in [5, 5.41) is 10.4. The molecule has 0 amide bonds. The first-order chi connectivity index (χ1) is 15.4. The molecule has 7 nitrogen and oxygen atoms in total. The normalized spacial score (nSPS) is 18.1. The van der Waals surface area contributed by atoms with Crippen molar-refractivity contribution in [1.29, 1.82) is 0 Å². The molecule has 3 aromatic rings. The molecule has 9 heteroatoms. The monoisotopic (exact) mass is 477 g/mol. The van der Waals surface area contributed by atoms with Crippen molar-refractivity contribution in [3.05, 3.63) is 86.1 Å². The van der Waals surface area contributed by atoms with E-state index in [4.69, 9.17) is 37.1 Å². The lowest BCUT2D eigenvalue weighted by molar-refractivity contribution is -0.00171. The molecular formula is C23H21Cl2NO6. The molecular weight excluding hydrogens is 457 g/mol.